The molecule has 10 nitrogen and oxygen atoms in total. The second-order valence-corrected chi connectivity index (χ2v) is 11.7. The zero-order chi connectivity index (χ0) is 29.4. The highest BCUT2D eigenvalue weighted by Crippen LogP contribution is 2.34. The van der Waals surface area contributed by atoms with Crippen LogP contribution >= 0.6 is 11.6 Å². The molecule has 220 valence electrons. The van der Waals surface area contributed by atoms with Crippen molar-refractivity contribution in [2.24, 2.45) is 13.0 Å². The van der Waals surface area contributed by atoms with Gasteiger partial charge < -0.3 is 24.1 Å². The summed E-state index contributed by atoms with van der Waals surface area (Å²) >= 11 is 6.42. The number of halogens is 1. The van der Waals surface area contributed by atoms with E-state index in [1.54, 1.807) is 37.5 Å². The average molecular weight is 592 g/mol. The minimum atomic E-state index is -0.864. The number of benzene rings is 2. The van der Waals surface area contributed by atoms with Gasteiger partial charge in [-0.25, -0.2) is 0 Å². The lowest BCUT2D eigenvalue weighted by molar-refractivity contribution is -0.124. The van der Waals surface area contributed by atoms with E-state index in [0.717, 1.165) is 27.8 Å². The van der Waals surface area contributed by atoms with E-state index < -0.39 is 6.04 Å². The number of amides is 1. The van der Waals surface area contributed by atoms with Gasteiger partial charge in [-0.05, 0) is 59.4 Å². The normalized spacial score (nSPS) is 19.5. The number of aryl methyl sites for hydroxylation is 1. The molecule has 1 N–H and O–H groups in total. The van der Waals surface area contributed by atoms with Crippen LogP contribution < -0.4 is 10.9 Å². The van der Waals surface area contributed by atoms with Crippen LogP contribution in [-0.4, -0.2) is 57.5 Å². The minimum absolute atomic E-state index is 0.0126. The molecule has 1 unspecified atom stereocenters. The first-order valence-corrected chi connectivity index (χ1v) is 14.6. The fourth-order valence-electron chi connectivity index (χ4n) is 5.67. The Hall–Kier alpha value is -3.57. The molecule has 4 heterocycles. The molecule has 11 heteroatoms. The van der Waals surface area contributed by atoms with E-state index >= 15 is 0 Å². The predicted molar refractivity (Wildman–Crippen MR) is 160 cm³/mol. The Balaban J connectivity index is 1.40. The van der Waals surface area contributed by atoms with E-state index in [1.807, 2.05) is 18.2 Å². The monoisotopic (exact) mass is 591 g/mol. The molecular weight excluding hydrogens is 558 g/mol. The third-order valence-corrected chi connectivity index (χ3v) is 8.14. The van der Waals surface area contributed by atoms with Crippen LogP contribution in [0.5, 0.6) is 0 Å². The highest BCUT2D eigenvalue weighted by atomic mass is 35.5. The molecule has 2 aliphatic heterocycles. The highest BCUT2D eigenvalue weighted by molar-refractivity contribution is 6.30. The molecule has 3 atom stereocenters. The third-order valence-electron chi connectivity index (χ3n) is 7.90. The van der Waals surface area contributed by atoms with Crippen molar-refractivity contribution in [2.45, 2.75) is 51.5 Å². The molecule has 0 saturated carbocycles. The van der Waals surface area contributed by atoms with Gasteiger partial charge in [-0.2, -0.15) is 15.0 Å². The molecule has 0 bridgehead atoms. The number of rotatable bonds is 6. The van der Waals surface area contributed by atoms with Crippen LogP contribution in [0.15, 0.2) is 53.5 Å². The Morgan fingerprint density at radius 2 is 1.86 bits per heavy atom. The van der Waals surface area contributed by atoms with Gasteiger partial charge in [-0.1, -0.05) is 31.5 Å². The Kier molecular flexibility index (Phi) is 8.13. The quantitative estimate of drug-likeness (QED) is 0.351. The number of hydrogen-bond donors (Lipinski definition) is 1. The second kappa shape index (κ2) is 12.0. The van der Waals surface area contributed by atoms with E-state index in [-0.39, 0.29) is 36.0 Å². The third kappa shape index (κ3) is 5.98. The second-order valence-electron chi connectivity index (χ2n) is 11.3. The molecule has 1 amide bonds. The van der Waals surface area contributed by atoms with Crippen LogP contribution in [0.3, 0.4) is 0 Å². The van der Waals surface area contributed by atoms with Crippen molar-refractivity contribution in [3.8, 4) is 11.1 Å². The van der Waals surface area contributed by atoms with Crippen LogP contribution in [0, 0.1) is 5.92 Å². The first kappa shape index (κ1) is 28.5. The molecule has 4 aromatic rings. The van der Waals surface area contributed by atoms with Crippen LogP contribution in [0.1, 0.15) is 37.4 Å². The van der Waals surface area contributed by atoms with Crippen LogP contribution in [0.2, 0.25) is 5.02 Å². The smallest absolute Gasteiger partial charge is 0.251 e. The van der Waals surface area contributed by atoms with Gasteiger partial charge in [0.2, 0.25) is 5.91 Å². The molecule has 2 aromatic heterocycles. The summed E-state index contributed by atoms with van der Waals surface area (Å²) in [4.78, 5) is 29.2. The van der Waals surface area contributed by atoms with Gasteiger partial charge in [0.1, 0.15) is 17.1 Å². The number of aromatic nitrogens is 4. The zero-order valence-electron chi connectivity index (χ0n) is 23.9. The Bertz CT molecular complexity index is 1680. The predicted octanol–water partition coefficient (Wildman–Crippen LogP) is 4.53. The van der Waals surface area contributed by atoms with Crippen LogP contribution in [0.25, 0.3) is 22.2 Å². The number of pyridine rings is 1. The fraction of sp³-hybridized carbons (Fsp3) is 0.419. The van der Waals surface area contributed by atoms with Crippen molar-refractivity contribution in [3.63, 3.8) is 0 Å². The van der Waals surface area contributed by atoms with E-state index in [9.17, 15) is 9.59 Å². The Labute approximate surface area is 248 Å². The molecule has 0 aliphatic carbocycles. The van der Waals surface area contributed by atoms with Gasteiger partial charge in [0.15, 0.2) is 0 Å². The summed E-state index contributed by atoms with van der Waals surface area (Å²) in [5, 5.41) is 12.2. The number of carbonyl (C=O) groups is 1. The first-order valence-electron chi connectivity index (χ1n) is 14.2. The minimum Gasteiger partial charge on any atom is -0.376 e. The average Bonchev–Trinajstić information content (AvgIpc) is 3.33. The van der Waals surface area contributed by atoms with Gasteiger partial charge in [-0.3, -0.25) is 9.59 Å². The van der Waals surface area contributed by atoms with E-state index in [1.165, 1.54) is 9.36 Å². The van der Waals surface area contributed by atoms with Crippen molar-refractivity contribution in [2.75, 3.05) is 25.1 Å². The van der Waals surface area contributed by atoms with Crippen molar-refractivity contribution in [1.82, 2.24) is 19.6 Å². The lowest BCUT2D eigenvalue weighted by atomic mass is 9.89. The molecule has 1 fully saturated rings. The van der Waals surface area contributed by atoms with Crippen LogP contribution in [0.4, 0.5) is 5.69 Å². The maximum absolute atomic E-state index is 13.9. The topological polar surface area (TPSA) is 110 Å². The van der Waals surface area contributed by atoms with Gasteiger partial charge in [-0.15, -0.1) is 0 Å². The van der Waals surface area contributed by atoms with Crippen molar-refractivity contribution < 1.29 is 19.0 Å². The SMILES string of the molecule is CC(C)C1Cc2ccc(Cl)cc2-c2cc(=O)n([C@@H](C[C@@H]3COCCO3)C(=O)Nc3ccc4nn(C)nc4c3)cc2CO1. The molecule has 6 rings (SSSR count). The molecular formula is C31H34ClN5O5. The number of carbonyl (C=O) groups excluding carboxylic acids is 1. The molecule has 42 heavy (non-hydrogen) atoms. The molecule has 2 aliphatic rings. The number of hydrogen-bond acceptors (Lipinski definition) is 7. The standard InChI is InChI=1S/C31H34ClN5O5/c1-18(2)29-10-19-4-5-21(32)11-24(19)25-14-30(38)37(15-20(25)16-42-29)28(13-23-17-40-8-9-41-23)31(39)33-22-6-7-26-27(12-22)35-36(3)34-26/h4-7,11-12,14-15,18,23,28-29H,8-10,13,16-17H2,1-3H3,(H,33,39)/t23-,28+,29?/m1/s1. The van der Waals surface area contributed by atoms with Gasteiger partial charge in [0, 0.05) is 42.0 Å². The summed E-state index contributed by atoms with van der Waals surface area (Å²) in [7, 11) is 1.74. The lowest BCUT2D eigenvalue weighted by Gasteiger charge is -2.30. The van der Waals surface area contributed by atoms with Gasteiger partial charge in [0.25, 0.3) is 5.56 Å². The molecule has 1 saturated heterocycles. The van der Waals surface area contributed by atoms with E-state index in [2.05, 4.69) is 29.4 Å². The molecule has 0 spiro atoms. The Morgan fingerprint density at radius 1 is 1.05 bits per heavy atom. The Morgan fingerprint density at radius 3 is 2.64 bits per heavy atom. The zero-order valence-corrected chi connectivity index (χ0v) is 24.6. The number of nitrogens with zero attached hydrogens (tertiary/aromatic N) is 4. The van der Waals surface area contributed by atoms with Gasteiger partial charge >= 0.3 is 0 Å². The van der Waals surface area contributed by atoms with E-state index in [0.29, 0.717) is 49.1 Å². The number of fused-ring (bicyclic) bond motifs is 4. The summed E-state index contributed by atoms with van der Waals surface area (Å²) < 4.78 is 19.4. The summed E-state index contributed by atoms with van der Waals surface area (Å²) in [5.41, 5.74) is 5.19. The van der Waals surface area contributed by atoms with Crippen LogP contribution in [-0.2, 0) is 39.1 Å². The van der Waals surface area contributed by atoms with Gasteiger partial charge in [0.05, 0.1) is 38.6 Å². The maximum Gasteiger partial charge on any atom is 0.251 e. The van der Waals surface area contributed by atoms with Crippen molar-refractivity contribution in [1.29, 1.82) is 0 Å². The first-order chi connectivity index (χ1) is 20.2. The van der Waals surface area contributed by atoms with E-state index in [4.69, 9.17) is 25.8 Å². The fourth-order valence-corrected chi connectivity index (χ4v) is 5.85. The van der Waals surface area contributed by atoms with Crippen molar-refractivity contribution >= 4 is 34.2 Å². The summed E-state index contributed by atoms with van der Waals surface area (Å²) in [5.74, 6) is -0.0562. The summed E-state index contributed by atoms with van der Waals surface area (Å²) in [6.45, 7) is 5.85. The number of anilines is 1. The number of nitrogens with one attached hydrogen (secondary N) is 1. The summed E-state index contributed by atoms with van der Waals surface area (Å²) in [6.07, 6.45) is 2.38. The van der Waals surface area contributed by atoms with Crippen molar-refractivity contribution in [3.05, 3.63) is 75.2 Å². The summed E-state index contributed by atoms with van der Waals surface area (Å²) in [6, 6.07) is 11.8. The number of ether oxygens (including phenoxy) is 3. The maximum atomic E-state index is 13.9. The lowest BCUT2D eigenvalue weighted by Crippen LogP contribution is -2.39. The molecule has 2 aromatic carbocycles. The largest absolute Gasteiger partial charge is 0.376 e. The highest BCUT2D eigenvalue weighted by Gasteiger charge is 2.30. The molecule has 0 radical (unpaired) electrons.